The quantitative estimate of drug-likeness (QED) is 0.459. The Hall–Kier alpha value is -2.51. The van der Waals surface area contributed by atoms with Crippen LogP contribution >= 0.6 is 0 Å². The SMILES string of the molecule is NCCCNc1ccc2c(n1)-c1nc(NCCCN)ccc1C2=O. The van der Waals surface area contributed by atoms with Gasteiger partial charge >= 0.3 is 0 Å². The number of rotatable bonds is 8. The molecule has 3 rings (SSSR count). The van der Waals surface area contributed by atoms with Gasteiger partial charge in [0.05, 0.1) is 11.1 Å². The first-order valence-electron chi connectivity index (χ1n) is 8.19. The minimum Gasteiger partial charge on any atom is -0.370 e. The molecule has 6 N–H and O–H groups in total. The van der Waals surface area contributed by atoms with E-state index in [9.17, 15) is 4.79 Å². The number of nitrogens with two attached hydrogens (primary N) is 2. The highest BCUT2D eigenvalue weighted by Gasteiger charge is 2.29. The largest absolute Gasteiger partial charge is 0.370 e. The van der Waals surface area contributed by atoms with Crippen molar-refractivity contribution in [2.75, 3.05) is 36.8 Å². The van der Waals surface area contributed by atoms with Crippen LogP contribution in [-0.4, -0.2) is 41.9 Å². The Morgan fingerprint density at radius 2 is 1.25 bits per heavy atom. The van der Waals surface area contributed by atoms with Crippen LogP contribution in [0.15, 0.2) is 24.3 Å². The fourth-order valence-corrected chi connectivity index (χ4v) is 2.62. The van der Waals surface area contributed by atoms with Gasteiger partial charge < -0.3 is 22.1 Å². The number of anilines is 2. The Morgan fingerprint density at radius 3 is 1.67 bits per heavy atom. The molecule has 0 aromatic carbocycles. The average Bonchev–Trinajstić information content (AvgIpc) is 2.88. The van der Waals surface area contributed by atoms with Gasteiger partial charge in [-0.05, 0) is 50.2 Å². The maximum atomic E-state index is 12.5. The van der Waals surface area contributed by atoms with Gasteiger partial charge in [0.25, 0.3) is 0 Å². The lowest BCUT2D eigenvalue weighted by Crippen LogP contribution is -2.10. The van der Waals surface area contributed by atoms with Crippen molar-refractivity contribution >= 4 is 17.4 Å². The van der Waals surface area contributed by atoms with E-state index < -0.39 is 0 Å². The second-order valence-corrected chi connectivity index (χ2v) is 5.65. The van der Waals surface area contributed by atoms with Crippen LogP contribution < -0.4 is 22.1 Å². The number of hydrogen-bond donors (Lipinski definition) is 4. The van der Waals surface area contributed by atoms with Gasteiger partial charge in [0, 0.05) is 13.1 Å². The number of ketones is 1. The van der Waals surface area contributed by atoms with Crippen molar-refractivity contribution in [2.24, 2.45) is 11.5 Å². The molecule has 126 valence electrons. The molecule has 0 atom stereocenters. The molecule has 0 fully saturated rings. The number of aromatic nitrogens is 2. The Morgan fingerprint density at radius 1 is 0.792 bits per heavy atom. The fourth-order valence-electron chi connectivity index (χ4n) is 2.62. The van der Waals surface area contributed by atoms with Gasteiger partial charge in [-0.3, -0.25) is 4.79 Å². The second-order valence-electron chi connectivity index (χ2n) is 5.65. The summed E-state index contributed by atoms with van der Waals surface area (Å²) >= 11 is 0. The molecule has 0 amide bonds. The van der Waals surface area contributed by atoms with Gasteiger partial charge in [0.2, 0.25) is 0 Å². The van der Waals surface area contributed by atoms with E-state index in [1.54, 1.807) is 12.1 Å². The smallest absolute Gasteiger partial charge is 0.197 e. The van der Waals surface area contributed by atoms with Crippen LogP contribution in [0.3, 0.4) is 0 Å². The average molecular weight is 326 g/mol. The summed E-state index contributed by atoms with van der Waals surface area (Å²) in [4.78, 5) is 21.6. The van der Waals surface area contributed by atoms with Crippen molar-refractivity contribution in [3.63, 3.8) is 0 Å². The van der Waals surface area contributed by atoms with Crippen molar-refractivity contribution in [1.29, 1.82) is 0 Å². The maximum Gasteiger partial charge on any atom is 0.197 e. The molecule has 0 radical (unpaired) electrons. The topological polar surface area (TPSA) is 119 Å². The monoisotopic (exact) mass is 326 g/mol. The second kappa shape index (κ2) is 7.37. The van der Waals surface area contributed by atoms with E-state index in [2.05, 4.69) is 20.6 Å². The van der Waals surface area contributed by atoms with Crippen molar-refractivity contribution in [3.05, 3.63) is 35.4 Å². The summed E-state index contributed by atoms with van der Waals surface area (Å²) in [6.45, 7) is 2.74. The molecule has 0 spiro atoms. The van der Waals surface area contributed by atoms with Crippen LogP contribution in [-0.2, 0) is 0 Å². The van der Waals surface area contributed by atoms with Gasteiger partial charge in [-0.25, -0.2) is 9.97 Å². The third-order valence-electron chi connectivity index (χ3n) is 3.88. The predicted octanol–water partition coefficient (Wildman–Crippen LogP) is 1.21. The van der Waals surface area contributed by atoms with Crippen LogP contribution in [0.4, 0.5) is 11.6 Å². The molecule has 1 aliphatic carbocycles. The predicted molar refractivity (Wildman–Crippen MR) is 95.2 cm³/mol. The standard InChI is InChI=1S/C17H22N6O/c18-7-1-9-20-13-5-3-11-15(22-13)16-12(17(11)24)4-6-14(23-16)21-10-2-8-19/h3-6H,1-2,7-10,18-19H2,(H,20,22)(H,21,23). The van der Waals surface area contributed by atoms with Gasteiger partial charge in [-0.2, -0.15) is 0 Å². The van der Waals surface area contributed by atoms with Gasteiger partial charge in [-0.15, -0.1) is 0 Å². The molecule has 0 bridgehead atoms. The Labute approximate surface area is 140 Å². The molecule has 1 aliphatic rings. The summed E-state index contributed by atoms with van der Waals surface area (Å²) in [5.74, 6) is 1.43. The zero-order valence-corrected chi connectivity index (χ0v) is 13.5. The van der Waals surface area contributed by atoms with Gasteiger partial charge in [0.15, 0.2) is 5.78 Å². The normalized spacial score (nSPS) is 12.0. The molecule has 0 unspecified atom stereocenters. The summed E-state index contributed by atoms with van der Waals surface area (Å²) in [7, 11) is 0. The molecular weight excluding hydrogens is 304 g/mol. The third-order valence-corrected chi connectivity index (χ3v) is 3.88. The molecule has 2 aromatic rings. The highest BCUT2D eigenvalue weighted by Crippen LogP contribution is 2.35. The molecular formula is C17H22N6O. The molecule has 0 saturated heterocycles. The number of pyridine rings is 2. The maximum absolute atomic E-state index is 12.5. The Bertz CT molecular complexity index is 684. The first kappa shape index (κ1) is 16.4. The summed E-state index contributed by atoms with van der Waals surface area (Å²) < 4.78 is 0. The first-order chi connectivity index (χ1) is 11.7. The van der Waals surface area contributed by atoms with Crippen molar-refractivity contribution in [1.82, 2.24) is 9.97 Å². The number of carbonyl (C=O) groups excluding carboxylic acids is 1. The molecule has 0 saturated carbocycles. The molecule has 24 heavy (non-hydrogen) atoms. The number of nitrogens with one attached hydrogen (secondary N) is 2. The van der Waals surface area contributed by atoms with Crippen LogP contribution in [0.25, 0.3) is 11.4 Å². The lowest BCUT2D eigenvalue weighted by molar-refractivity contribution is 0.104. The van der Waals surface area contributed by atoms with Crippen LogP contribution in [0.2, 0.25) is 0 Å². The molecule has 0 aliphatic heterocycles. The highest BCUT2D eigenvalue weighted by atomic mass is 16.1. The van der Waals surface area contributed by atoms with E-state index in [0.717, 1.165) is 37.6 Å². The fraction of sp³-hybridized carbons (Fsp3) is 0.353. The molecule has 2 heterocycles. The first-order valence-corrected chi connectivity index (χ1v) is 8.19. The van der Waals surface area contributed by atoms with E-state index in [0.29, 0.717) is 35.6 Å². The molecule has 7 nitrogen and oxygen atoms in total. The molecule has 7 heteroatoms. The summed E-state index contributed by atoms with van der Waals surface area (Å²) in [6.07, 6.45) is 1.73. The summed E-state index contributed by atoms with van der Waals surface area (Å²) in [5, 5.41) is 6.44. The van der Waals surface area contributed by atoms with E-state index in [1.165, 1.54) is 0 Å². The highest BCUT2D eigenvalue weighted by molar-refractivity contribution is 6.20. The minimum atomic E-state index is -0.0259. The van der Waals surface area contributed by atoms with Crippen molar-refractivity contribution in [2.45, 2.75) is 12.8 Å². The number of fused-ring (bicyclic) bond motifs is 3. The van der Waals surface area contributed by atoms with E-state index in [4.69, 9.17) is 11.5 Å². The van der Waals surface area contributed by atoms with Gasteiger partial charge in [0.1, 0.15) is 23.0 Å². The summed E-state index contributed by atoms with van der Waals surface area (Å²) in [6, 6.07) is 7.25. The van der Waals surface area contributed by atoms with Gasteiger partial charge in [-0.1, -0.05) is 0 Å². The lowest BCUT2D eigenvalue weighted by Gasteiger charge is -2.08. The van der Waals surface area contributed by atoms with E-state index in [1.807, 2.05) is 12.1 Å². The summed E-state index contributed by atoms with van der Waals surface area (Å²) in [5.41, 5.74) is 13.5. The molecule has 2 aromatic heterocycles. The van der Waals surface area contributed by atoms with Crippen molar-refractivity contribution < 1.29 is 4.79 Å². The van der Waals surface area contributed by atoms with Crippen LogP contribution in [0.1, 0.15) is 28.8 Å². The Balaban J connectivity index is 1.87. The van der Waals surface area contributed by atoms with Crippen LogP contribution in [0.5, 0.6) is 0 Å². The lowest BCUT2D eigenvalue weighted by atomic mass is 10.1. The minimum absolute atomic E-state index is 0.0259. The third kappa shape index (κ3) is 3.22. The van der Waals surface area contributed by atoms with Crippen LogP contribution in [0, 0.1) is 0 Å². The van der Waals surface area contributed by atoms with E-state index in [-0.39, 0.29) is 5.78 Å². The van der Waals surface area contributed by atoms with Crippen molar-refractivity contribution in [3.8, 4) is 11.4 Å². The van der Waals surface area contributed by atoms with E-state index >= 15 is 0 Å². The zero-order valence-electron chi connectivity index (χ0n) is 13.5. The number of hydrogen-bond acceptors (Lipinski definition) is 7. The number of carbonyl (C=O) groups is 1. The Kier molecular flexibility index (Phi) is 5.02. The number of nitrogens with zero attached hydrogens (tertiary/aromatic N) is 2. The zero-order chi connectivity index (χ0) is 16.9.